The molecule has 0 saturated carbocycles. The van der Waals surface area contributed by atoms with Gasteiger partial charge in [-0.25, -0.2) is 0 Å². The number of allylic oxidation sites excluding steroid dienone is 12. The molecule has 0 unspecified atom stereocenters. The molecule has 0 heterocycles. The molecule has 0 aromatic rings. The summed E-state index contributed by atoms with van der Waals surface area (Å²) in [6.45, 7) is 0. The molecule has 0 heteroatoms. The maximum Gasteiger partial charge on any atom is -0.0348 e. The van der Waals surface area contributed by atoms with Crippen molar-refractivity contribution in [2.24, 2.45) is 0 Å². The Bertz CT molecular complexity index is 347. The summed E-state index contributed by atoms with van der Waals surface area (Å²) in [5, 5.41) is 0. The second-order valence-electron chi connectivity index (χ2n) is 6.47. The Kier molecular flexibility index (Phi) is 15.2. The van der Waals surface area contributed by atoms with Gasteiger partial charge in [-0.3, -0.25) is 0 Å². The van der Waals surface area contributed by atoms with E-state index in [1.165, 1.54) is 77.0 Å². The molecular weight excluding hydrogens is 288 g/mol. The average molecular weight is 325 g/mol. The van der Waals surface area contributed by atoms with Gasteiger partial charge in [0.05, 0.1) is 0 Å². The van der Waals surface area contributed by atoms with E-state index in [-0.39, 0.29) is 0 Å². The van der Waals surface area contributed by atoms with Crippen LogP contribution in [0.3, 0.4) is 0 Å². The first kappa shape index (κ1) is 20.5. The largest absolute Gasteiger partial charge is 0.0845 e. The van der Waals surface area contributed by atoms with Gasteiger partial charge in [0, 0.05) is 0 Å². The van der Waals surface area contributed by atoms with E-state index in [4.69, 9.17) is 0 Å². The zero-order chi connectivity index (χ0) is 17.0. The van der Waals surface area contributed by atoms with Crippen molar-refractivity contribution in [3.8, 4) is 0 Å². The molecule has 0 radical (unpaired) electrons. The van der Waals surface area contributed by atoms with Gasteiger partial charge < -0.3 is 0 Å². The summed E-state index contributed by atoms with van der Waals surface area (Å²) >= 11 is 0. The normalized spacial score (nSPS) is 22.7. The number of rotatable bonds is 0. The van der Waals surface area contributed by atoms with Gasteiger partial charge in [-0.2, -0.15) is 0 Å². The Morgan fingerprint density at radius 3 is 0.750 bits per heavy atom. The topological polar surface area (TPSA) is 0 Å². The monoisotopic (exact) mass is 324 g/mol. The van der Waals surface area contributed by atoms with Crippen LogP contribution >= 0.6 is 0 Å². The molecule has 0 atom stereocenters. The second-order valence-corrected chi connectivity index (χ2v) is 6.47. The van der Waals surface area contributed by atoms with Crippen molar-refractivity contribution in [1.82, 2.24) is 0 Å². The maximum atomic E-state index is 2.26. The molecule has 0 saturated heterocycles. The van der Waals surface area contributed by atoms with Crippen LogP contribution in [0.25, 0.3) is 0 Å². The van der Waals surface area contributed by atoms with Gasteiger partial charge in [-0.15, -0.1) is 0 Å². The standard InChI is InChI=1S/2C12H18/c2*1-2-4-6-8-10-12-11-9-7-5-3-1/h2*1-6H,7-12H2/b2*2-1?,5-3+,6-4?. The van der Waals surface area contributed by atoms with Crippen LogP contribution in [0.4, 0.5) is 0 Å². The molecular formula is C24H36. The zero-order valence-corrected chi connectivity index (χ0v) is 15.4. The first-order valence-corrected chi connectivity index (χ1v) is 9.97. The van der Waals surface area contributed by atoms with E-state index in [9.17, 15) is 0 Å². The molecule has 132 valence electrons. The molecule has 0 spiro atoms. The fraction of sp³-hybridized carbons (Fsp3) is 0.500. The summed E-state index contributed by atoms with van der Waals surface area (Å²) in [6.07, 6.45) is 42.0. The van der Waals surface area contributed by atoms with E-state index in [1.807, 2.05) is 0 Å². The summed E-state index contributed by atoms with van der Waals surface area (Å²) in [4.78, 5) is 0. The van der Waals surface area contributed by atoms with Crippen molar-refractivity contribution in [2.75, 3.05) is 0 Å². The Morgan fingerprint density at radius 1 is 0.250 bits per heavy atom. The van der Waals surface area contributed by atoms with Gasteiger partial charge in [0.1, 0.15) is 0 Å². The van der Waals surface area contributed by atoms with Crippen molar-refractivity contribution < 1.29 is 0 Å². The van der Waals surface area contributed by atoms with Crippen LogP contribution in [0, 0.1) is 0 Å². The molecule has 0 aliphatic heterocycles. The van der Waals surface area contributed by atoms with Crippen LogP contribution < -0.4 is 0 Å². The molecule has 24 heavy (non-hydrogen) atoms. The Morgan fingerprint density at radius 2 is 0.500 bits per heavy atom. The average Bonchev–Trinajstić information content (AvgIpc) is 2.56. The maximum absolute atomic E-state index is 2.26. The van der Waals surface area contributed by atoms with Crippen molar-refractivity contribution in [1.29, 1.82) is 0 Å². The fourth-order valence-electron chi connectivity index (χ4n) is 2.71. The van der Waals surface area contributed by atoms with Crippen LogP contribution in [0.1, 0.15) is 77.0 Å². The lowest BCUT2D eigenvalue weighted by molar-refractivity contribution is 0.652. The predicted molar refractivity (Wildman–Crippen MR) is 110 cm³/mol. The highest BCUT2D eigenvalue weighted by Gasteiger charge is 1.88. The van der Waals surface area contributed by atoms with Crippen LogP contribution in [-0.2, 0) is 0 Å². The highest BCUT2D eigenvalue weighted by Crippen LogP contribution is 2.08. The minimum absolute atomic E-state index is 1.24. The minimum Gasteiger partial charge on any atom is -0.0845 e. The van der Waals surface area contributed by atoms with Crippen molar-refractivity contribution in [3.63, 3.8) is 0 Å². The van der Waals surface area contributed by atoms with Gasteiger partial charge in [0.2, 0.25) is 0 Å². The van der Waals surface area contributed by atoms with Crippen molar-refractivity contribution >= 4 is 0 Å². The molecule has 0 bridgehead atoms. The van der Waals surface area contributed by atoms with E-state index in [1.54, 1.807) is 0 Å². The van der Waals surface area contributed by atoms with Gasteiger partial charge >= 0.3 is 0 Å². The summed E-state index contributed by atoms with van der Waals surface area (Å²) in [7, 11) is 0. The summed E-state index contributed by atoms with van der Waals surface area (Å²) in [5.41, 5.74) is 0. The molecule has 0 aromatic heterocycles. The predicted octanol–water partition coefficient (Wildman–Crippen LogP) is 8.02. The number of hydrogen-bond donors (Lipinski definition) is 0. The molecule has 0 fully saturated rings. The Hall–Kier alpha value is -1.56. The first-order chi connectivity index (χ1) is 12.0. The van der Waals surface area contributed by atoms with E-state index in [0.717, 1.165) is 0 Å². The Labute approximate surface area is 150 Å². The molecule has 0 nitrogen and oxygen atoms in total. The second kappa shape index (κ2) is 17.8. The highest BCUT2D eigenvalue weighted by molar-refractivity contribution is 5.11. The van der Waals surface area contributed by atoms with Crippen molar-refractivity contribution in [3.05, 3.63) is 72.9 Å². The van der Waals surface area contributed by atoms with Gasteiger partial charge in [-0.05, 0) is 51.4 Å². The lowest BCUT2D eigenvalue weighted by Gasteiger charge is -1.96. The van der Waals surface area contributed by atoms with Crippen LogP contribution in [-0.4, -0.2) is 0 Å². The van der Waals surface area contributed by atoms with Gasteiger partial charge in [0.15, 0.2) is 0 Å². The van der Waals surface area contributed by atoms with Crippen molar-refractivity contribution in [2.45, 2.75) is 77.0 Å². The van der Waals surface area contributed by atoms with Crippen LogP contribution in [0.15, 0.2) is 72.9 Å². The van der Waals surface area contributed by atoms with E-state index in [2.05, 4.69) is 72.9 Å². The zero-order valence-electron chi connectivity index (χ0n) is 15.4. The molecule has 0 amide bonds. The minimum atomic E-state index is 1.24. The van der Waals surface area contributed by atoms with E-state index in [0.29, 0.717) is 0 Å². The van der Waals surface area contributed by atoms with E-state index < -0.39 is 0 Å². The lowest BCUT2D eigenvalue weighted by atomic mass is 10.1. The fourth-order valence-corrected chi connectivity index (χ4v) is 2.71. The number of hydrogen-bond acceptors (Lipinski definition) is 0. The highest BCUT2D eigenvalue weighted by atomic mass is 13.9. The quantitative estimate of drug-likeness (QED) is 0.423. The summed E-state index contributed by atoms with van der Waals surface area (Å²) in [6, 6.07) is 0. The SMILES string of the molecule is C1=C/C=C/CCCCCCC=C1.C1=C/C=C/CCCCCCC=C1. The van der Waals surface area contributed by atoms with Gasteiger partial charge in [0.25, 0.3) is 0 Å². The molecule has 0 N–H and O–H groups in total. The third kappa shape index (κ3) is 15.3. The molecule has 2 aliphatic carbocycles. The van der Waals surface area contributed by atoms with E-state index >= 15 is 0 Å². The third-order valence-electron chi connectivity index (χ3n) is 4.19. The van der Waals surface area contributed by atoms with Crippen LogP contribution in [0.5, 0.6) is 0 Å². The summed E-state index contributed by atoms with van der Waals surface area (Å²) < 4.78 is 0. The molecule has 2 rings (SSSR count). The summed E-state index contributed by atoms with van der Waals surface area (Å²) in [5.74, 6) is 0. The van der Waals surface area contributed by atoms with Gasteiger partial charge in [-0.1, -0.05) is 98.6 Å². The van der Waals surface area contributed by atoms with Crippen LogP contribution in [0.2, 0.25) is 0 Å². The molecule has 2 aliphatic rings. The third-order valence-corrected chi connectivity index (χ3v) is 4.19. The first-order valence-electron chi connectivity index (χ1n) is 9.97. The Balaban J connectivity index is 0.000000240. The smallest absolute Gasteiger partial charge is 0.0348 e. The lowest BCUT2D eigenvalue weighted by Crippen LogP contribution is -1.77. The molecule has 0 aromatic carbocycles.